The van der Waals surface area contributed by atoms with Crippen molar-refractivity contribution in [1.82, 2.24) is 0 Å². The van der Waals surface area contributed by atoms with Gasteiger partial charge in [0.1, 0.15) is 0 Å². The van der Waals surface area contributed by atoms with E-state index < -0.39 is 32.3 Å². The number of para-hydroxylation sites is 1. The van der Waals surface area contributed by atoms with Crippen molar-refractivity contribution >= 4 is 17.1 Å². The van der Waals surface area contributed by atoms with Crippen molar-refractivity contribution in [3.63, 3.8) is 0 Å². The second kappa shape index (κ2) is 3.82. The molecule has 0 aliphatic heterocycles. The molecule has 1 aromatic rings. The monoisotopic (exact) mass is 219 g/mol. The highest BCUT2D eigenvalue weighted by atomic mass is 19.4. The zero-order valence-electron chi connectivity index (χ0n) is 6.96. The molecule has 7 nitrogen and oxygen atoms in total. The van der Waals surface area contributed by atoms with Crippen molar-refractivity contribution < 1.29 is 18.8 Å². The molecule has 0 radical (unpaired) electrons. The summed E-state index contributed by atoms with van der Waals surface area (Å²) in [4.78, 5) is 18.4. The number of anilines is 1. The SMILES string of the molecule is O=[N+]([O-])c1cccc([N+](=O)[O-])c1N(F)F. The van der Waals surface area contributed by atoms with Crippen LogP contribution in [0.1, 0.15) is 0 Å². The van der Waals surface area contributed by atoms with Crippen LogP contribution in [0.3, 0.4) is 0 Å². The molecule has 0 saturated heterocycles. The molecule has 0 unspecified atom stereocenters. The number of hydrogen-bond donors (Lipinski definition) is 0. The summed E-state index contributed by atoms with van der Waals surface area (Å²) < 4.78 is 24.5. The molecule has 0 heterocycles. The van der Waals surface area contributed by atoms with Gasteiger partial charge in [-0.15, -0.1) is 0 Å². The highest BCUT2D eigenvalue weighted by Crippen LogP contribution is 2.37. The summed E-state index contributed by atoms with van der Waals surface area (Å²) in [5.74, 6) is 0. The van der Waals surface area contributed by atoms with E-state index in [1.54, 1.807) is 0 Å². The molecule has 1 aromatic carbocycles. The van der Waals surface area contributed by atoms with E-state index in [9.17, 15) is 29.2 Å². The number of nitro benzene ring substituents is 2. The fraction of sp³-hybridized carbons (Fsp3) is 0. The lowest BCUT2D eigenvalue weighted by Crippen LogP contribution is -2.04. The van der Waals surface area contributed by atoms with E-state index in [-0.39, 0.29) is 0 Å². The molecule has 15 heavy (non-hydrogen) atoms. The van der Waals surface area contributed by atoms with Crippen LogP contribution in [-0.2, 0) is 0 Å². The van der Waals surface area contributed by atoms with Gasteiger partial charge in [0, 0.05) is 12.1 Å². The molecule has 1 rings (SSSR count). The first kappa shape index (κ1) is 10.8. The highest BCUT2D eigenvalue weighted by molar-refractivity contribution is 5.72. The Morgan fingerprint density at radius 2 is 1.47 bits per heavy atom. The van der Waals surface area contributed by atoms with Crippen LogP contribution in [0.2, 0.25) is 0 Å². The van der Waals surface area contributed by atoms with E-state index in [4.69, 9.17) is 0 Å². The molecule has 0 atom stereocenters. The van der Waals surface area contributed by atoms with Gasteiger partial charge in [0.2, 0.25) is 0 Å². The van der Waals surface area contributed by atoms with Crippen molar-refractivity contribution in [3.8, 4) is 0 Å². The van der Waals surface area contributed by atoms with Crippen LogP contribution in [0.5, 0.6) is 0 Å². The molecule has 0 saturated carbocycles. The van der Waals surface area contributed by atoms with Crippen LogP contribution in [0.4, 0.5) is 26.0 Å². The van der Waals surface area contributed by atoms with Gasteiger partial charge in [-0.2, -0.15) is 0 Å². The zero-order valence-corrected chi connectivity index (χ0v) is 6.96. The second-order valence-electron chi connectivity index (χ2n) is 2.39. The van der Waals surface area contributed by atoms with Crippen LogP contribution >= 0.6 is 0 Å². The Bertz CT molecular complexity index is 391. The minimum absolute atomic E-state index is 0.758. The molecule has 0 spiro atoms. The molecule has 80 valence electrons. The fourth-order valence-corrected chi connectivity index (χ4v) is 0.987. The van der Waals surface area contributed by atoms with Gasteiger partial charge in [0.15, 0.2) is 0 Å². The number of nitrogens with zero attached hydrogens (tertiary/aromatic N) is 3. The van der Waals surface area contributed by atoms with Crippen molar-refractivity contribution in [3.05, 3.63) is 38.4 Å². The zero-order chi connectivity index (χ0) is 11.6. The number of rotatable bonds is 3. The molecule has 0 amide bonds. The van der Waals surface area contributed by atoms with E-state index in [0.29, 0.717) is 0 Å². The fourth-order valence-electron chi connectivity index (χ4n) is 0.987. The van der Waals surface area contributed by atoms with Crippen LogP contribution in [0.15, 0.2) is 18.2 Å². The lowest BCUT2D eigenvalue weighted by atomic mass is 10.2. The Morgan fingerprint density at radius 1 is 1.07 bits per heavy atom. The average Bonchev–Trinajstić information content (AvgIpc) is 2.16. The molecule has 0 bridgehead atoms. The van der Waals surface area contributed by atoms with E-state index >= 15 is 0 Å². The smallest absolute Gasteiger partial charge is 0.258 e. The summed E-state index contributed by atoms with van der Waals surface area (Å²) in [5.41, 5.74) is -3.36. The predicted octanol–water partition coefficient (Wildman–Crippen LogP) is 2.08. The molecule has 0 aliphatic carbocycles. The predicted molar refractivity (Wildman–Crippen MR) is 44.4 cm³/mol. The van der Waals surface area contributed by atoms with Crippen LogP contribution < -0.4 is 5.34 Å². The summed E-state index contributed by atoms with van der Waals surface area (Å²) in [6.45, 7) is 0. The van der Waals surface area contributed by atoms with Crippen LogP contribution in [0.25, 0.3) is 0 Å². The van der Waals surface area contributed by atoms with Gasteiger partial charge in [0.25, 0.3) is 5.69 Å². The topological polar surface area (TPSA) is 89.5 Å². The van der Waals surface area contributed by atoms with Crippen molar-refractivity contribution in [1.29, 1.82) is 0 Å². The Hall–Kier alpha value is -2.32. The molecular weight excluding hydrogens is 216 g/mol. The normalized spacial score (nSPS) is 9.73. The first-order chi connectivity index (χ1) is 6.95. The minimum Gasteiger partial charge on any atom is -0.258 e. The largest absolute Gasteiger partial charge is 0.305 e. The van der Waals surface area contributed by atoms with Gasteiger partial charge in [-0.3, -0.25) is 20.2 Å². The van der Waals surface area contributed by atoms with Crippen LogP contribution in [-0.4, -0.2) is 9.85 Å². The Kier molecular flexibility index (Phi) is 2.74. The lowest BCUT2D eigenvalue weighted by Gasteiger charge is -2.03. The number of nitro groups is 2. The molecule has 0 aromatic heterocycles. The quantitative estimate of drug-likeness (QED) is 0.441. The Morgan fingerprint density at radius 3 is 1.73 bits per heavy atom. The average molecular weight is 219 g/mol. The molecule has 0 N–H and O–H groups in total. The van der Waals surface area contributed by atoms with E-state index in [0.717, 1.165) is 18.2 Å². The number of hydrogen-bond acceptors (Lipinski definition) is 5. The molecule has 0 fully saturated rings. The maximum Gasteiger partial charge on any atom is 0.305 e. The summed E-state index contributed by atoms with van der Waals surface area (Å²) in [5, 5.41) is 19.0. The standard InChI is InChI=1S/C6H3F2N3O4/c7-9(8)6-4(10(12)13)2-1-3-5(6)11(14)15/h1-3H. The Labute approximate surface area is 80.7 Å². The van der Waals surface area contributed by atoms with Gasteiger partial charge >= 0.3 is 11.4 Å². The third kappa shape index (κ3) is 1.95. The van der Waals surface area contributed by atoms with Crippen LogP contribution in [0, 0.1) is 20.2 Å². The third-order valence-electron chi connectivity index (χ3n) is 1.56. The summed E-state index contributed by atoms with van der Waals surface area (Å²) in [7, 11) is 0. The molecule has 0 aliphatic rings. The van der Waals surface area contributed by atoms with Gasteiger partial charge in [-0.25, -0.2) is 0 Å². The number of halogens is 2. The molecular formula is C6H3F2N3O4. The summed E-state index contributed by atoms with van der Waals surface area (Å²) in [6.07, 6.45) is 0. The van der Waals surface area contributed by atoms with Crippen molar-refractivity contribution in [2.24, 2.45) is 0 Å². The van der Waals surface area contributed by atoms with Gasteiger partial charge < -0.3 is 0 Å². The lowest BCUT2D eigenvalue weighted by molar-refractivity contribution is -0.393. The first-order valence-electron chi connectivity index (χ1n) is 3.48. The minimum atomic E-state index is -1.64. The van der Waals surface area contributed by atoms with Crippen molar-refractivity contribution in [2.75, 3.05) is 5.34 Å². The van der Waals surface area contributed by atoms with Gasteiger partial charge in [0.05, 0.1) is 9.85 Å². The Balaban J connectivity index is 3.48. The van der Waals surface area contributed by atoms with Gasteiger partial charge in [-0.1, -0.05) is 8.96 Å². The maximum absolute atomic E-state index is 12.2. The second-order valence-corrected chi connectivity index (χ2v) is 2.39. The molecule has 9 heteroatoms. The van der Waals surface area contributed by atoms with E-state index in [1.807, 2.05) is 0 Å². The van der Waals surface area contributed by atoms with E-state index in [1.165, 1.54) is 0 Å². The summed E-state index contributed by atoms with van der Waals surface area (Å²) >= 11 is 0. The van der Waals surface area contributed by atoms with Gasteiger partial charge in [-0.05, 0) is 11.4 Å². The first-order valence-corrected chi connectivity index (χ1v) is 3.48. The number of benzene rings is 1. The third-order valence-corrected chi connectivity index (χ3v) is 1.56. The van der Waals surface area contributed by atoms with E-state index in [2.05, 4.69) is 0 Å². The summed E-state index contributed by atoms with van der Waals surface area (Å²) in [6, 6.07) is 2.48. The maximum atomic E-state index is 12.2. The highest BCUT2D eigenvalue weighted by Gasteiger charge is 2.30. The van der Waals surface area contributed by atoms with Crippen molar-refractivity contribution in [2.45, 2.75) is 0 Å².